The van der Waals surface area contributed by atoms with Gasteiger partial charge < -0.3 is 10.6 Å². The molecule has 0 radical (unpaired) electrons. The molecule has 1 aromatic rings. The predicted octanol–water partition coefficient (Wildman–Crippen LogP) is 1.54. The molecule has 0 amide bonds. The van der Waals surface area contributed by atoms with Crippen molar-refractivity contribution >= 4 is 0 Å². The molecule has 1 aliphatic heterocycles. The molecule has 1 aromatic carbocycles. The lowest BCUT2D eigenvalue weighted by Gasteiger charge is -2.24. The van der Waals surface area contributed by atoms with Crippen LogP contribution in [-0.2, 0) is 6.54 Å². The van der Waals surface area contributed by atoms with Gasteiger partial charge in [-0.2, -0.15) is 0 Å². The molecule has 3 heteroatoms. The van der Waals surface area contributed by atoms with E-state index in [2.05, 4.69) is 40.1 Å². The summed E-state index contributed by atoms with van der Waals surface area (Å²) in [5.41, 5.74) is 7.09. The Balaban J connectivity index is 1.79. The molecule has 1 fully saturated rings. The third kappa shape index (κ3) is 4.41. The Kier molecular flexibility index (Phi) is 5.65. The third-order valence-electron chi connectivity index (χ3n) is 3.63. The van der Waals surface area contributed by atoms with Crippen molar-refractivity contribution in [1.82, 2.24) is 9.80 Å². The molecule has 0 aliphatic carbocycles. The molecule has 0 atom stereocenters. The highest BCUT2D eigenvalue weighted by molar-refractivity contribution is 5.14. The number of benzene rings is 1. The molecule has 18 heavy (non-hydrogen) atoms. The highest BCUT2D eigenvalue weighted by Crippen LogP contribution is 2.08. The van der Waals surface area contributed by atoms with Crippen molar-refractivity contribution in [2.75, 3.05) is 39.3 Å². The van der Waals surface area contributed by atoms with Gasteiger partial charge in [-0.05, 0) is 31.5 Å². The molecular formula is C15H25N3. The van der Waals surface area contributed by atoms with E-state index in [9.17, 15) is 0 Å². The fraction of sp³-hybridized carbons (Fsp3) is 0.600. The first-order valence-electron chi connectivity index (χ1n) is 7.07. The van der Waals surface area contributed by atoms with E-state index in [0.717, 1.165) is 26.2 Å². The average molecular weight is 247 g/mol. The van der Waals surface area contributed by atoms with Crippen molar-refractivity contribution in [2.45, 2.75) is 19.4 Å². The fourth-order valence-corrected chi connectivity index (χ4v) is 2.58. The smallest absolute Gasteiger partial charge is 0.0234 e. The lowest BCUT2D eigenvalue weighted by Crippen LogP contribution is -2.36. The summed E-state index contributed by atoms with van der Waals surface area (Å²) in [6.45, 7) is 7.63. The van der Waals surface area contributed by atoms with Crippen molar-refractivity contribution in [2.24, 2.45) is 5.73 Å². The highest BCUT2D eigenvalue weighted by Gasteiger charge is 2.13. The monoisotopic (exact) mass is 247 g/mol. The number of hydrogen-bond donors (Lipinski definition) is 1. The van der Waals surface area contributed by atoms with Crippen LogP contribution in [0.5, 0.6) is 0 Å². The van der Waals surface area contributed by atoms with E-state index in [0.29, 0.717) is 0 Å². The molecule has 0 aromatic heterocycles. The van der Waals surface area contributed by atoms with Gasteiger partial charge in [-0.3, -0.25) is 4.90 Å². The minimum absolute atomic E-state index is 0.743. The van der Waals surface area contributed by atoms with E-state index < -0.39 is 0 Å². The number of rotatable bonds is 7. The van der Waals surface area contributed by atoms with Crippen molar-refractivity contribution < 1.29 is 0 Å². The second kappa shape index (κ2) is 7.52. The Morgan fingerprint density at radius 1 is 1.06 bits per heavy atom. The molecule has 0 spiro atoms. The predicted molar refractivity (Wildman–Crippen MR) is 76.4 cm³/mol. The van der Waals surface area contributed by atoms with Crippen LogP contribution in [-0.4, -0.2) is 49.1 Å². The van der Waals surface area contributed by atoms with Gasteiger partial charge in [0, 0.05) is 32.7 Å². The summed E-state index contributed by atoms with van der Waals surface area (Å²) in [5.74, 6) is 0. The first kappa shape index (κ1) is 13.5. The minimum atomic E-state index is 0.743. The lowest BCUT2D eigenvalue weighted by atomic mass is 10.2. The van der Waals surface area contributed by atoms with Crippen LogP contribution in [0.3, 0.4) is 0 Å². The fourth-order valence-electron chi connectivity index (χ4n) is 2.58. The largest absolute Gasteiger partial charge is 0.329 e. The normalized spacial score (nSPS) is 16.6. The molecule has 2 rings (SSSR count). The van der Waals surface area contributed by atoms with Gasteiger partial charge in [-0.1, -0.05) is 30.3 Å². The molecule has 0 bridgehead atoms. The van der Waals surface area contributed by atoms with Crippen molar-refractivity contribution in [3.63, 3.8) is 0 Å². The molecule has 0 saturated carbocycles. The number of likely N-dealkylation sites (tertiary alicyclic amines) is 1. The maximum absolute atomic E-state index is 5.71. The van der Waals surface area contributed by atoms with Crippen LogP contribution in [0.2, 0.25) is 0 Å². The zero-order valence-corrected chi connectivity index (χ0v) is 11.2. The van der Waals surface area contributed by atoms with Crippen molar-refractivity contribution in [3.05, 3.63) is 35.9 Å². The van der Waals surface area contributed by atoms with E-state index in [1.54, 1.807) is 0 Å². The number of hydrogen-bond acceptors (Lipinski definition) is 3. The van der Waals surface area contributed by atoms with Crippen LogP contribution in [0, 0.1) is 0 Å². The van der Waals surface area contributed by atoms with Crippen LogP contribution in [0.4, 0.5) is 0 Å². The first-order valence-corrected chi connectivity index (χ1v) is 7.07. The topological polar surface area (TPSA) is 32.5 Å². The molecule has 1 saturated heterocycles. The summed E-state index contributed by atoms with van der Waals surface area (Å²) >= 11 is 0. The van der Waals surface area contributed by atoms with Crippen molar-refractivity contribution in [1.29, 1.82) is 0 Å². The SMILES string of the molecule is NCCN(CCN1CCCC1)Cc1ccccc1. The molecular weight excluding hydrogens is 222 g/mol. The third-order valence-corrected chi connectivity index (χ3v) is 3.63. The minimum Gasteiger partial charge on any atom is -0.329 e. The first-order chi connectivity index (χ1) is 8.88. The Hall–Kier alpha value is -0.900. The van der Waals surface area contributed by atoms with Gasteiger partial charge >= 0.3 is 0 Å². The number of nitrogens with two attached hydrogens (primary N) is 1. The summed E-state index contributed by atoms with van der Waals surface area (Å²) in [7, 11) is 0. The summed E-state index contributed by atoms with van der Waals surface area (Å²) in [6, 6.07) is 10.7. The maximum Gasteiger partial charge on any atom is 0.0234 e. The highest BCUT2D eigenvalue weighted by atomic mass is 15.2. The molecule has 1 heterocycles. The van der Waals surface area contributed by atoms with Crippen LogP contribution in [0.25, 0.3) is 0 Å². The van der Waals surface area contributed by atoms with Crippen LogP contribution >= 0.6 is 0 Å². The zero-order valence-electron chi connectivity index (χ0n) is 11.2. The standard InChI is InChI=1S/C15H25N3/c16-8-11-18(13-12-17-9-4-5-10-17)14-15-6-2-1-3-7-15/h1-3,6-7H,4-5,8-14,16H2. The van der Waals surface area contributed by atoms with Crippen LogP contribution in [0.1, 0.15) is 18.4 Å². The second-order valence-electron chi connectivity index (χ2n) is 5.10. The summed E-state index contributed by atoms with van der Waals surface area (Å²) in [5, 5.41) is 0. The average Bonchev–Trinajstić information content (AvgIpc) is 2.91. The summed E-state index contributed by atoms with van der Waals surface area (Å²) in [4.78, 5) is 5.03. The molecule has 100 valence electrons. The van der Waals surface area contributed by atoms with E-state index in [1.807, 2.05) is 0 Å². The van der Waals surface area contributed by atoms with Gasteiger partial charge in [-0.15, -0.1) is 0 Å². The van der Waals surface area contributed by atoms with Gasteiger partial charge in [0.1, 0.15) is 0 Å². The molecule has 2 N–H and O–H groups in total. The quantitative estimate of drug-likeness (QED) is 0.793. The Labute approximate surface area is 111 Å². The molecule has 3 nitrogen and oxygen atoms in total. The van der Waals surface area contributed by atoms with Crippen LogP contribution < -0.4 is 5.73 Å². The lowest BCUT2D eigenvalue weighted by molar-refractivity contribution is 0.223. The molecule has 1 aliphatic rings. The van der Waals surface area contributed by atoms with E-state index in [4.69, 9.17) is 5.73 Å². The Bertz CT molecular complexity index is 320. The van der Waals surface area contributed by atoms with Gasteiger partial charge in [0.25, 0.3) is 0 Å². The zero-order chi connectivity index (χ0) is 12.6. The summed E-state index contributed by atoms with van der Waals surface area (Å²) in [6.07, 6.45) is 2.74. The van der Waals surface area contributed by atoms with E-state index in [-0.39, 0.29) is 0 Å². The van der Waals surface area contributed by atoms with E-state index >= 15 is 0 Å². The van der Waals surface area contributed by atoms with Gasteiger partial charge in [-0.25, -0.2) is 0 Å². The Morgan fingerprint density at radius 2 is 1.78 bits per heavy atom. The maximum atomic E-state index is 5.71. The Morgan fingerprint density at radius 3 is 2.44 bits per heavy atom. The van der Waals surface area contributed by atoms with E-state index in [1.165, 1.54) is 38.0 Å². The van der Waals surface area contributed by atoms with Crippen molar-refractivity contribution in [3.8, 4) is 0 Å². The summed E-state index contributed by atoms with van der Waals surface area (Å²) < 4.78 is 0. The van der Waals surface area contributed by atoms with Gasteiger partial charge in [0.05, 0.1) is 0 Å². The molecule has 0 unspecified atom stereocenters. The van der Waals surface area contributed by atoms with Gasteiger partial charge in [0.2, 0.25) is 0 Å². The van der Waals surface area contributed by atoms with Crippen LogP contribution in [0.15, 0.2) is 30.3 Å². The second-order valence-corrected chi connectivity index (χ2v) is 5.10. The van der Waals surface area contributed by atoms with Gasteiger partial charge in [0.15, 0.2) is 0 Å². The number of nitrogens with zero attached hydrogens (tertiary/aromatic N) is 2.